The first-order valence-electron chi connectivity index (χ1n) is 8.84. The second kappa shape index (κ2) is 7.15. The molecule has 5 nitrogen and oxygen atoms in total. The quantitative estimate of drug-likeness (QED) is 0.757. The number of amides is 2. The lowest BCUT2D eigenvalue weighted by Crippen LogP contribution is -2.42. The average molecular weight is 353 g/mol. The zero-order valence-corrected chi connectivity index (χ0v) is 14.3. The summed E-state index contributed by atoms with van der Waals surface area (Å²) < 4.78 is 18.3. The van der Waals surface area contributed by atoms with Crippen molar-refractivity contribution in [2.24, 2.45) is 5.92 Å². The minimum atomic E-state index is -0.224. The second-order valence-corrected chi connectivity index (χ2v) is 6.74. The standard InChI is InChI=1S/C20H20FN3O2/c21-16-9-7-14(8-10-16)12-15-4-3-11-24(13-15)20(25)22-19-17-5-1-2-6-18(17)26-23-19/h1-2,5-10,15H,3-4,11-13H2,(H,22,23,25). The molecule has 2 heterocycles. The first-order valence-corrected chi connectivity index (χ1v) is 8.84. The van der Waals surface area contributed by atoms with Gasteiger partial charge in [-0.05, 0) is 55.0 Å². The number of rotatable bonds is 3. The van der Waals surface area contributed by atoms with Gasteiger partial charge in [-0.1, -0.05) is 29.4 Å². The normalized spacial score (nSPS) is 17.4. The molecule has 2 amide bonds. The molecule has 1 N–H and O–H groups in total. The first kappa shape index (κ1) is 16.6. The van der Waals surface area contributed by atoms with Crippen molar-refractivity contribution in [3.05, 3.63) is 59.9 Å². The Balaban J connectivity index is 1.40. The number of fused-ring (bicyclic) bond motifs is 1. The SMILES string of the molecule is O=C(Nc1noc2ccccc12)N1CCCC(Cc2ccc(F)cc2)C1. The summed E-state index contributed by atoms with van der Waals surface area (Å²) in [5, 5.41) is 7.61. The highest BCUT2D eigenvalue weighted by Crippen LogP contribution is 2.24. The number of para-hydroxylation sites is 1. The summed E-state index contributed by atoms with van der Waals surface area (Å²) >= 11 is 0. The Labute approximate surface area is 150 Å². The van der Waals surface area contributed by atoms with Crippen molar-refractivity contribution in [1.82, 2.24) is 10.1 Å². The molecule has 4 rings (SSSR count). The van der Waals surface area contributed by atoms with E-state index in [0.29, 0.717) is 23.9 Å². The number of likely N-dealkylation sites (tertiary alicyclic amines) is 1. The summed E-state index contributed by atoms with van der Waals surface area (Å²) in [6.45, 7) is 1.40. The summed E-state index contributed by atoms with van der Waals surface area (Å²) in [4.78, 5) is 14.5. The molecule has 2 aromatic carbocycles. The van der Waals surface area contributed by atoms with Crippen LogP contribution >= 0.6 is 0 Å². The zero-order valence-electron chi connectivity index (χ0n) is 14.3. The number of urea groups is 1. The molecule has 26 heavy (non-hydrogen) atoms. The predicted octanol–water partition coefficient (Wildman–Crippen LogP) is 4.45. The van der Waals surface area contributed by atoms with E-state index in [1.54, 1.807) is 0 Å². The van der Waals surface area contributed by atoms with Crippen LogP contribution in [-0.4, -0.2) is 29.2 Å². The maximum atomic E-state index is 13.0. The highest BCUT2D eigenvalue weighted by atomic mass is 19.1. The van der Waals surface area contributed by atoms with Gasteiger partial charge in [0.1, 0.15) is 5.82 Å². The minimum absolute atomic E-state index is 0.159. The third-order valence-electron chi connectivity index (χ3n) is 4.85. The fourth-order valence-electron chi connectivity index (χ4n) is 3.53. The van der Waals surface area contributed by atoms with E-state index < -0.39 is 0 Å². The van der Waals surface area contributed by atoms with Crippen molar-refractivity contribution in [3.63, 3.8) is 0 Å². The molecule has 6 heteroatoms. The number of halogens is 1. The van der Waals surface area contributed by atoms with Gasteiger partial charge in [-0.15, -0.1) is 0 Å². The Morgan fingerprint density at radius 2 is 2.04 bits per heavy atom. The van der Waals surface area contributed by atoms with Crippen molar-refractivity contribution in [2.75, 3.05) is 18.4 Å². The number of hydrogen-bond acceptors (Lipinski definition) is 3. The molecule has 0 bridgehead atoms. The van der Waals surface area contributed by atoms with E-state index >= 15 is 0 Å². The number of anilines is 1. The molecule has 3 aromatic rings. The molecular formula is C20H20FN3O2. The largest absolute Gasteiger partial charge is 0.354 e. The fourth-order valence-corrected chi connectivity index (χ4v) is 3.53. The number of piperidine rings is 1. The van der Waals surface area contributed by atoms with Crippen LogP contribution in [0, 0.1) is 11.7 Å². The van der Waals surface area contributed by atoms with Crippen LogP contribution in [-0.2, 0) is 6.42 Å². The third-order valence-corrected chi connectivity index (χ3v) is 4.85. The van der Waals surface area contributed by atoms with E-state index in [-0.39, 0.29) is 11.8 Å². The van der Waals surface area contributed by atoms with Crippen LogP contribution in [0.2, 0.25) is 0 Å². The molecule has 1 unspecified atom stereocenters. The monoisotopic (exact) mass is 353 g/mol. The van der Waals surface area contributed by atoms with Crippen molar-refractivity contribution in [1.29, 1.82) is 0 Å². The minimum Gasteiger partial charge on any atom is -0.354 e. The van der Waals surface area contributed by atoms with Crippen LogP contribution in [0.15, 0.2) is 53.1 Å². The van der Waals surface area contributed by atoms with E-state index in [2.05, 4.69) is 10.5 Å². The summed E-state index contributed by atoms with van der Waals surface area (Å²) in [6.07, 6.45) is 2.86. The fraction of sp³-hybridized carbons (Fsp3) is 0.300. The van der Waals surface area contributed by atoms with Crippen LogP contribution in [0.4, 0.5) is 15.0 Å². The van der Waals surface area contributed by atoms with Crippen LogP contribution in [0.1, 0.15) is 18.4 Å². The molecular weight excluding hydrogens is 333 g/mol. The Morgan fingerprint density at radius 3 is 2.88 bits per heavy atom. The van der Waals surface area contributed by atoms with Gasteiger partial charge in [-0.3, -0.25) is 5.32 Å². The highest BCUT2D eigenvalue weighted by Gasteiger charge is 2.25. The number of carbonyl (C=O) groups is 1. The average Bonchev–Trinajstić information content (AvgIpc) is 3.07. The Bertz CT molecular complexity index is 907. The Hall–Kier alpha value is -2.89. The molecule has 1 atom stereocenters. The zero-order chi connectivity index (χ0) is 17.9. The first-order chi connectivity index (χ1) is 12.7. The number of nitrogens with zero attached hydrogens (tertiary/aromatic N) is 2. The summed E-state index contributed by atoms with van der Waals surface area (Å²) in [5.74, 6) is 0.596. The lowest BCUT2D eigenvalue weighted by Gasteiger charge is -2.32. The van der Waals surface area contributed by atoms with Gasteiger partial charge >= 0.3 is 6.03 Å². The molecule has 1 saturated heterocycles. The van der Waals surface area contributed by atoms with Gasteiger partial charge in [0.2, 0.25) is 0 Å². The molecule has 0 radical (unpaired) electrons. The number of aromatic nitrogens is 1. The molecule has 0 spiro atoms. The smallest absolute Gasteiger partial charge is 0.323 e. The van der Waals surface area contributed by atoms with E-state index in [4.69, 9.17) is 4.52 Å². The van der Waals surface area contributed by atoms with Crippen LogP contribution in [0.3, 0.4) is 0 Å². The lowest BCUT2D eigenvalue weighted by molar-refractivity contribution is 0.177. The Morgan fingerprint density at radius 1 is 1.23 bits per heavy atom. The number of nitrogens with one attached hydrogen (secondary N) is 1. The van der Waals surface area contributed by atoms with Gasteiger partial charge < -0.3 is 9.42 Å². The third kappa shape index (κ3) is 3.54. The topological polar surface area (TPSA) is 58.4 Å². The van der Waals surface area contributed by atoms with E-state index in [9.17, 15) is 9.18 Å². The number of hydrogen-bond donors (Lipinski definition) is 1. The maximum absolute atomic E-state index is 13.0. The van der Waals surface area contributed by atoms with Crippen molar-refractivity contribution < 1.29 is 13.7 Å². The number of carbonyl (C=O) groups excluding carboxylic acids is 1. The summed E-state index contributed by atoms with van der Waals surface area (Å²) in [5.41, 5.74) is 1.75. The summed E-state index contributed by atoms with van der Waals surface area (Å²) in [6, 6.07) is 13.9. The molecule has 0 saturated carbocycles. The van der Waals surface area contributed by atoms with Gasteiger partial charge in [0.05, 0.1) is 5.39 Å². The van der Waals surface area contributed by atoms with Crippen molar-refractivity contribution in [3.8, 4) is 0 Å². The van der Waals surface area contributed by atoms with Gasteiger partial charge in [0, 0.05) is 13.1 Å². The molecule has 1 fully saturated rings. The van der Waals surface area contributed by atoms with E-state index in [0.717, 1.165) is 36.8 Å². The van der Waals surface area contributed by atoms with Crippen LogP contribution < -0.4 is 5.32 Å². The molecule has 1 aliphatic heterocycles. The van der Waals surface area contributed by atoms with Gasteiger partial charge in [0.25, 0.3) is 0 Å². The predicted molar refractivity (Wildman–Crippen MR) is 97.4 cm³/mol. The maximum Gasteiger partial charge on any atom is 0.323 e. The second-order valence-electron chi connectivity index (χ2n) is 6.74. The highest BCUT2D eigenvalue weighted by molar-refractivity contribution is 5.98. The Kier molecular flexibility index (Phi) is 4.56. The summed E-state index contributed by atoms with van der Waals surface area (Å²) in [7, 11) is 0. The van der Waals surface area contributed by atoms with E-state index in [1.807, 2.05) is 41.3 Å². The lowest BCUT2D eigenvalue weighted by atomic mass is 9.91. The van der Waals surface area contributed by atoms with Crippen molar-refractivity contribution in [2.45, 2.75) is 19.3 Å². The van der Waals surface area contributed by atoms with Crippen LogP contribution in [0.25, 0.3) is 11.0 Å². The van der Waals surface area contributed by atoms with Gasteiger partial charge in [-0.25, -0.2) is 9.18 Å². The molecule has 1 aromatic heterocycles. The van der Waals surface area contributed by atoms with Crippen LogP contribution in [0.5, 0.6) is 0 Å². The van der Waals surface area contributed by atoms with Gasteiger partial charge in [-0.2, -0.15) is 0 Å². The van der Waals surface area contributed by atoms with E-state index in [1.165, 1.54) is 12.1 Å². The molecule has 1 aliphatic rings. The molecule has 0 aliphatic carbocycles. The van der Waals surface area contributed by atoms with Crippen molar-refractivity contribution >= 4 is 22.8 Å². The van der Waals surface area contributed by atoms with Gasteiger partial charge in [0.15, 0.2) is 11.4 Å². The number of benzene rings is 2. The molecule has 134 valence electrons.